The summed E-state index contributed by atoms with van der Waals surface area (Å²) in [6.45, 7) is 4.57. The molecule has 0 saturated heterocycles. The van der Waals surface area contributed by atoms with E-state index in [1.54, 1.807) is 12.4 Å². The van der Waals surface area contributed by atoms with E-state index in [0.29, 0.717) is 6.54 Å². The molecule has 2 aromatic heterocycles. The van der Waals surface area contributed by atoms with Gasteiger partial charge in [0.05, 0.1) is 23.8 Å². The van der Waals surface area contributed by atoms with Gasteiger partial charge < -0.3 is 10.7 Å². The van der Waals surface area contributed by atoms with E-state index in [-0.39, 0.29) is 0 Å². The second-order valence-electron chi connectivity index (χ2n) is 4.77. The largest absolute Gasteiger partial charge is 0.358 e. The minimum atomic E-state index is 0.416. The topological polar surface area (TPSA) is 67.6 Å². The fourth-order valence-electron chi connectivity index (χ4n) is 2.36. The molecule has 0 amide bonds. The molecule has 0 saturated carbocycles. The van der Waals surface area contributed by atoms with E-state index in [2.05, 4.69) is 47.0 Å². The Morgan fingerprint density at radius 1 is 1.16 bits per heavy atom. The fourth-order valence-corrected chi connectivity index (χ4v) is 2.36. The van der Waals surface area contributed by atoms with E-state index in [4.69, 9.17) is 5.73 Å². The lowest BCUT2D eigenvalue weighted by molar-refractivity contribution is 0.966. The maximum Gasteiger partial charge on any atom is 0.0909 e. The van der Waals surface area contributed by atoms with Gasteiger partial charge in [0.1, 0.15) is 0 Å². The minimum absolute atomic E-state index is 0.416. The molecule has 0 bridgehead atoms. The summed E-state index contributed by atoms with van der Waals surface area (Å²) < 4.78 is 0. The third-order valence-corrected chi connectivity index (χ3v) is 3.31. The van der Waals surface area contributed by atoms with E-state index in [9.17, 15) is 0 Å². The smallest absolute Gasteiger partial charge is 0.0909 e. The number of nitrogens with one attached hydrogen (secondary N) is 1. The Balaban J connectivity index is 2.22. The molecule has 0 unspecified atom stereocenters. The standard InChI is InChI=1S/C15H16N4/c1-9-3-4-13-12(5-9)15(10(2)19-13)14-8-17-11(6-16)7-18-14/h3-5,7-8,19H,6,16H2,1-2H3. The number of benzene rings is 1. The van der Waals surface area contributed by atoms with Crippen molar-refractivity contribution < 1.29 is 0 Å². The third kappa shape index (κ3) is 2.00. The number of hydrogen-bond donors (Lipinski definition) is 2. The van der Waals surface area contributed by atoms with Crippen molar-refractivity contribution in [2.24, 2.45) is 5.73 Å². The van der Waals surface area contributed by atoms with Crippen molar-refractivity contribution in [2.45, 2.75) is 20.4 Å². The number of nitrogens with two attached hydrogens (primary N) is 1. The van der Waals surface area contributed by atoms with E-state index in [1.165, 1.54) is 10.9 Å². The zero-order valence-electron chi connectivity index (χ0n) is 11.1. The maximum atomic E-state index is 5.55. The molecule has 0 fully saturated rings. The molecule has 3 aromatic rings. The lowest BCUT2D eigenvalue weighted by Gasteiger charge is -2.02. The van der Waals surface area contributed by atoms with Crippen molar-refractivity contribution in [2.75, 3.05) is 0 Å². The van der Waals surface area contributed by atoms with Gasteiger partial charge in [0.2, 0.25) is 0 Å². The first-order valence-electron chi connectivity index (χ1n) is 6.29. The van der Waals surface area contributed by atoms with Gasteiger partial charge >= 0.3 is 0 Å². The number of hydrogen-bond acceptors (Lipinski definition) is 3. The molecule has 4 nitrogen and oxygen atoms in total. The van der Waals surface area contributed by atoms with Crippen LogP contribution in [0.5, 0.6) is 0 Å². The lowest BCUT2D eigenvalue weighted by Crippen LogP contribution is -2.00. The summed E-state index contributed by atoms with van der Waals surface area (Å²) >= 11 is 0. The molecule has 1 aromatic carbocycles. The van der Waals surface area contributed by atoms with E-state index in [1.807, 2.05) is 0 Å². The fraction of sp³-hybridized carbons (Fsp3) is 0.200. The monoisotopic (exact) mass is 252 g/mol. The first-order valence-corrected chi connectivity index (χ1v) is 6.29. The number of rotatable bonds is 2. The zero-order chi connectivity index (χ0) is 13.4. The zero-order valence-corrected chi connectivity index (χ0v) is 11.1. The van der Waals surface area contributed by atoms with Crippen LogP contribution in [-0.2, 0) is 6.54 Å². The molecule has 0 aliphatic rings. The predicted molar refractivity (Wildman–Crippen MR) is 76.7 cm³/mol. The first-order chi connectivity index (χ1) is 9.19. The van der Waals surface area contributed by atoms with Crippen molar-refractivity contribution in [3.05, 3.63) is 47.5 Å². The van der Waals surface area contributed by atoms with Crippen LogP contribution in [0.3, 0.4) is 0 Å². The van der Waals surface area contributed by atoms with Gasteiger partial charge in [-0.3, -0.25) is 9.97 Å². The molecule has 0 aliphatic carbocycles. The highest BCUT2D eigenvalue weighted by atomic mass is 14.8. The van der Waals surface area contributed by atoms with Crippen molar-refractivity contribution >= 4 is 10.9 Å². The van der Waals surface area contributed by atoms with Crippen LogP contribution in [0.15, 0.2) is 30.6 Å². The number of H-pyrrole nitrogens is 1. The van der Waals surface area contributed by atoms with Gasteiger partial charge in [-0.05, 0) is 26.0 Å². The van der Waals surface area contributed by atoms with Crippen LogP contribution in [0.4, 0.5) is 0 Å². The van der Waals surface area contributed by atoms with Gasteiger partial charge in [-0.1, -0.05) is 11.6 Å². The van der Waals surface area contributed by atoms with Crippen LogP contribution in [0.25, 0.3) is 22.2 Å². The van der Waals surface area contributed by atoms with Gasteiger partial charge in [0, 0.05) is 28.7 Å². The van der Waals surface area contributed by atoms with E-state index >= 15 is 0 Å². The van der Waals surface area contributed by atoms with Gasteiger partial charge in [-0.15, -0.1) is 0 Å². The van der Waals surface area contributed by atoms with Crippen LogP contribution in [0, 0.1) is 13.8 Å². The van der Waals surface area contributed by atoms with Crippen LogP contribution < -0.4 is 5.73 Å². The molecule has 3 rings (SSSR count). The van der Waals surface area contributed by atoms with Gasteiger partial charge in [0.15, 0.2) is 0 Å². The first kappa shape index (κ1) is 11.9. The molecule has 0 spiro atoms. The molecule has 0 atom stereocenters. The summed E-state index contributed by atoms with van der Waals surface area (Å²) in [6.07, 6.45) is 3.53. The molecular formula is C15H16N4. The molecule has 19 heavy (non-hydrogen) atoms. The summed E-state index contributed by atoms with van der Waals surface area (Å²) in [5.74, 6) is 0. The number of fused-ring (bicyclic) bond motifs is 1. The number of aryl methyl sites for hydroxylation is 2. The third-order valence-electron chi connectivity index (χ3n) is 3.31. The quantitative estimate of drug-likeness (QED) is 0.736. The van der Waals surface area contributed by atoms with Crippen molar-refractivity contribution in [1.82, 2.24) is 15.0 Å². The second kappa shape index (κ2) is 4.48. The van der Waals surface area contributed by atoms with Crippen molar-refractivity contribution in [1.29, 1.82) is 0 Å². The molecule has 3 N–H and O–H groups in total. The number of aromatic amines is 1. The molecule has 4 heteroatoms. The Kier molecular flexibility index (Phi) is 2.80. The highest BCUT2D eigenvalue weighted by Gasteiger charge is 2.12. The molecule has 2 heterocycles. The molecule has 0 radical (unpaired) electrons. The summed E-state index contributed by atoms with van der Waals surface area (Å²) in [4.78, 5) is 12.2. The van der Waals surface area contributed by atoms with Gasteiger partial charge in [0.25, 0.3) is 0 Å². The van der Waals surface area contributed by atoms with Crippen LogP contribution in [-0.4, -0.2) is 15.0 Å². The average molecular weight is 252 g/mol. The van der Waals surface area contributed by atoms with E-state index < -0.39 is 0 Å². The van der Waals surface area contributed by atoms with Gasteiger partial charge in [-0.25, -0.2) is 0 Å². The summed E-state index contributed by atoms with van der Waals surface area (Å²) in [7, 11) is 0. The lowest BCUT2D eigenvalue weighted by atomic mass is 10.1. The Labute approximate surface area is 111 Å². The minimum Gasteiger partial charge on any atom is -0.358 e. The second-order valence-corrected chi connectivity index (χ2v) is 4.77. The SMILES string of the molecule is Cc1ccc2[nH]c(C)c(-c3cnc(CN)cn3)c2c1. The molecular weight excluding hydrogens is 236 g/mol. The Morgan fingerprint density at radius 3 is 2.68 bits per heavy atom. The molecule has 96 valence electrons. The van der Waals surface area contributed by atoms with Crippen LogP contribution in [0.1, 0.15) is 17.0 Å². The van der Waals surface area contributed by atoms with Crippen molar-refractivity contribution in [3.63, 3.8) is 0 Å². The van der Waals surface area contributed by atoms with Crippen molar-refractivity contribution in [3.8, 4) is 11.3 Å². The normalized spacial score (nSPS) is 11.1. The summed E-state index contributed by atoms with van der Waals surface area (Å²) in [6, 6.07) is 6.38. The van der Waals surface area contributed by atoms with Crippen LogP contribution >= 0.6 is 0 Å². The summed E-state index contributed by atoms with van der Waals surface area (Å²) in [5.41, 5.74) is 11.8. The Bertz CT molecular complexity index is 726. The Morgan fingerprint density at radius 2 is 2.00 bits per heavy atom. The van der Waals surface area contributed by atoms with Gasteiger partial charge in [-0.2, -0.15) is 0 Å². The number of aromatic nitrogens is 3. The van der Waals surface area contributed by atoms with E-state index in [0.717, 1.165) is 28.2 Å². The number of nitrogens with zero attached hydrogens (tertiary/aromatic N) is 2. The van der Waals surface area contributed by atoms with Crippen LogP contribution in [0.2, 0.25) is 0 Å². The summed E-state index contributed by atoms with van der Waals surface area (Å²) in [5, 5.41) is 1.19. The molecule has 0 aliphatic heterocycles. The highest BCUT2D eigenvalue weighted by molar-refractivity contribution is 5.96. The predicted octanol–water partition coefficient (Wildman–Crippen LogP) is 2.70. The Hall–Kier alpha value is -2.20. The average Bonchev–Trinajstić information content (AvgIpc) is 2.74. The highest BCUT2D eigenvalue weighted by Crippen LogP contribution is 2.31. The maximum absolute atomic E-state index is 5.55.